The van der Waals surface area contributed by atoms with Crippen LogP contribution in [0, 0.1) is 0 Å². The molecule has 0 fully saturated rings. The Hall–Kier alpha value is -2.54. The maximum atomic E-state index is 10.7. The van der Waals surface area contributed by atoms with Gasteiger partial charge in [-0.3, -0.25) is 4.68 Å². The van der Waals surface area contributed by atoms with E-state index in [1.54, 1.807) is 17.8 Å². The second-order valence-electron chi connectivity index (χ2n) is 7.04. The number of guanidine groups is 1. The summed E-state index contributed by atoms with van der Waals surface area (Å²) in [6, 6.07) is 7.93. The molecule has 0 spiro atoms. The summed E-state index contributed by atoms with van der Waals surface area (Å²) in [7, 11) is 1.83. The quantitative estimate of drug-likeness (QED) is 0.488. The summed E-state index contributed by atoms with van der Waals surface area (Å²) in [4.78, 5) is 4.60. The molecule has 1 aromatic heterocycles. The zero-order valence-corrected chi connectivity index (χ0v) is 16.9. The summed E-state index contributed by atoms with van der Waals surface area (Å²) in [6.07, 6.45) is 3.64. The fourth-order valence-corrected chi connectivity index (χ4v) is 2.51. The van der Waals surface area contributed by atoms with Gasteiger partial charge in [0.25, 0.3) is 0 Å². The van der Waals surface area contributed by atoms with E-state index in [1.807, 2.05) is 58.3 Å². The predicted molar refractivity (Wildman–Crippen MR) is 108 cm³/mol. The Morgan fingerprint density at radius 1 is 1.30 bits per heavy atom. The zero-order valence-electron chi connectivity index (χ0n) is 16.9. The van der Waals surface area contributed by atoms with Crippen LogP contribution < -0.4 is 15.4 Å². The third kappa shape index (κ3) is 6.60. The number of aliphatic imine (C=N–C) groups is 1. The molecule has 0 radical (unpaired) electrons. The lowest BCUT2D eigenvalue weighted by Crippen LogP contribution is -2.44. The van der Waals surface area contributed by atoms with Crippen molar-refractivity contribution in [3.8, 4) is 5.75 Å². The first kappa shape index (κ1) is 20.8. The van der Waals surface area contributed by atoms with E-state index in [0.29, 0.717) is 19.0 Å². The van der Waals surface area contributed by atoms with Crippen molar-refractivity contribution in [2.75, 3.05) is 13.1 Å². The fourth-order valence-electron chi connectivity index (χ4n) is 2.51. The van der Waals surface area contributed by atoms with Crippen LogP contribution in [0.15, 0.2) is 41.7 Å². The van der Waals surface area contributed by atoms with Crippen LogP contribution in [0.1, 0.15) is 38.8 Å². The van der Waals surface area contributed by atoms with E-state index < -0.39 is 5.60 Å². The Labute approximate surface area is 161 Å². The molecule has 1 unspecified atom stereocenters. The molecule has 0 saturated carbocycles. The number of hydrogen-bond acceptors (Lipinski definition) is 4. The third-order valence-corrected chi connectivity index (χ3v) is 3.99. The van der Waals surface area contributed by atoms with Crippen LogP contribution in [0.5, 0.6) is 5.75 Å². The molecule has 0 aliphatic rings. The van der Waals surface area contributed by atoms with Gasteiger partial charge < -0.3 is 20.5 Å². The summed E-state index contributed by atoms with van der Waals surface area (Å²) in [5.41, 5.74) is 0.803. The molecule has 2 aromatic rings. The highest BCUT2D eigenvalue weighted by atomic mass is 16.5. The maximum Gasteiger partial charge on any atom is 0.191 e. The molecule has 0 aliphatic heterocycles. The van der Waals surface area contributed by atoms with Crippen molar-refractivity contribution >= 4 is 5.96 Å². The Bertz CT molecular complexity index is 735. The van der Waals surface area contributed by atoms with Gasteiger partial charge in [0.2, 0.25) is 0 Å². The highest BCUT2D eigenvalue weighted by molar-refractivity contribution is 5.79. The van der Waals surface area contributed by atoms with Gasteiger partial charge in [-0.1, -0.05) is 12.1 Å². The lowest BCUT2D eigenvalue weighted by molar-refractivity contribution is 0.0616. The summed E-state index contributed by atoms with van der Waals surface area (Å²) in [5, 5.41) is 21.2. The number of aliphatic hydroxyl groups is 1. The molecule has 27 heavy (non-hydrogen) atoms. The normalized spacial score (nSPS) is 14.1. The number of rotatable bonds is 8. The van der Waals surface area contributed by atoms with E-state index >= 15 is 0 Å². The highest BCUT2D eigenvalue weighted by Crippen LogP contribution is 2.18. The molecule has 1 atom stereocenters. The molecule has 7 heteroatoms. The van der Waals surface area contributed by atoms with Gasteiger partial charge in [0.05, 0.1) is 25.4 Å². The molecule has 0 aliphatic carbocycles. The monoisotopic (exact) mass is 373 g/mol. The topological polar surface area (TPSA) is 83.7 Å². The minimum absolute atomic E-state index is 0.158. The summed E-state index contributed by atoms with van der Waals surface area (Å²) in [6.45, 7) is 9.38. The zero-order chi connectivity index (χ0) is 19.9. The van der Waals surface area contributed by atoms with Gasteiger partial charge in [-0.25, -0.2) is 4.99 Å². The lowest BCUT2D eigenvalue weighted by atomic mass is 10.00. The Morgan fingerprint density at radius 2 is 2.00 bits per heavy atom. The second-order valence-corrected chi connectivity index (χ2v) is 7.04. The summed E-state index contributed by atoms with van der Waals surface area (Å²) in [5.74, 6) is 1.51. The van der Waals surface area contributed by atoms with Crippen molar-refractivity contribution in [2.24, 2.45) is 12.0 Å². The molecule has 3 N–H and O–H groups in total. The van der Waals surface area contributed by atoms with Gasteiger partial charge in [-0.05, 0) is 45.4 Å². The first-order chi connectivity index (χ1) is 12.8. The molecule has 0 amide bonds. The van der Waals surface area contributed by atoms with Crippen molar-refractivity contribution < 1.29 is 9.84 Å². The molecule has 0 saturated heterocycles. The minimum Gasteiger partial charge on any atom is -0.491 e. The Morgan fingerprint density at radius 3 is 2.56 bits per heavy atom. The molecule has 1 heterocycles. The van der Waals surface area contributed by atoms with Crippen molar-refractivity contribution in [3.63, 3.8) is 0 Å². The SMILES string of the molecule is CCNC(=NCc1ccc(OC(C)C)cc1)NCC(C)(O)c1cnn(C)c1. The van der Waals surface area contributed by atoms with Crippen LogP contribution in [0.25, 0.3) is 0 Å². The number of nitrogens with zero attached hydrogens (tertiary/aromatic N) is 3. The third-order valence-electron chi connectivity index (χ3n) is 3.99. The molecule has 2 rings (SSSR count). The van der Waals surface area contributed by atoms with Crippen molar-refractivity contribution in [1.29, 1.82) is 0 Å². The van der Waals surface area contributed by atoms with Crippen LogP contribution in [-0.2, 0) is 19.2 Å². The van der Waals surface area contributed by atoms with Crippen molar-refractivity contribution in [3.05, 3.63) is 47.8 Å². The van der Waals surface area contributed by atoms with Gasteiger partial charge in [0.1, 0.15) is 11.4 Å². The number of aryl methyl sites for hydroxylation is 1. The minimum atomic E-state index is -1.04. The Kier molecular flexibility index (Phi) is 7.24. The Balaban J connectivity index is 1.97. The van der Waals surface area contributed by atoms with E-state index in [9.17, 15) is 5.11 Å². The lowest BCUT2D eigenvalue weighted by Gasteiger charge is -2.23. The summed E-state index contributed by atoms with van der Waals surface area (Å²) >= 11 is 0. The second kappa shape index (κ2) is 9.41. The van der Waals surface area contributed by atoms with Crippen LogP contribution >= 0.6 is 0 Å². The van der Waals surface area contributed by atoms with Gasteiger partial charge in [-0.15, -0.1) is 0 Å². The number of ether oxygens (including phenoxy) is 1. The van der Waals surface area contributed by atoms with Gasteiger partial charge in [-0.2, -0.15) is 5.10 Å². The molecule has 7 nitrogen and oxygen atoms in total. The molecular weight excluding hydrogens is 342 g/mol. The standard InChI is InChI=1S/C20H31N5O2/c1-6-21-19(23-14-20(4,26)17-12-24-25(5)13-17)22-11-16-7-9-18(10-8-16)27-15(2)3/h7-10,12-13,15,26H,6,11,14H2,1-5H3,(H2,21,22,23). The van der Waals surface area contributed by atoms with Crippen molar-refractivity contribution in [2.45, 2.75) is 45.9 Å². The first-order valence-electron chi connectivity index (χ1n) is 9.29. The van der Waals surface area contributed by atoms with Crippen LogP contribution in [-0.4, -0.2) is 40.0 Å². The highest BCUT2D eigenvalue weighted by Gasteiger charge is 2.24. The van der Waals surface area contributed by atoms with Crippen LogP contribution in [0.3, 0.4) is 0 Å². The van der Waals surface area contributed by atoms with Gasteiger partial charge in [0.15, 0.2) is 5.96 Å². The maximum absolute atomic E-state index is 10.7. The molecule has 0 bridgehead atoms. The van der Waals surface area contributed by atoms with Crippen molar-refractivity contribution in [1.82, 2.24) is 20.4 Å². The molecular formula is C20H31N5O2. The number of hydrogen-bond donors (Lipinski definition) is 3. The largest absolute Gasteiger partial charge is 0.491 e. The van der Waals surface area contributed by atoms with Gasteiger partial charge in [0, 0.05) is 25.4 Å². The van der Waals surface area contributed by atoms with Crippen LogP contribution in [0.4, 0.5) is 0 Å². The van der Waals surface area contributed by atoms with E-state index in [4.69, 9.17) is 4.74 Å². The number of aromatic nitrogens is 2. The number of nitrogens with one attached hydrogen (secondary N) is 2. The first-order valence-corrected chi connectivity index (χ1v) is 9.29. The van der Waals surface area contributed by atoms with E-state index in [0.717, 1.165) is 23.4 Å². The predicted octanol–water partition coefficient (Wildman–Crippen LogP) is 2.17. The number of benzene rings is 1. The van der Waals surface area contributed by atoms with Crippen LogP contribution in [0.2, 0.25) is 0 Å². The molecule has 148 valence electrons. The average Bonchev–Trinajstić information content (AvgIpc) is 3.06. The smallest absolute Gasteiger partial charge is 0.191 e. The van der Waals surface area contributed by atoms with E-state index in [2.05, 4.69) is 20.7 Å². The van der Waals surface area contributed by atoms with E-state index in [-0.39, 0.29) is 6.10 Å². The average molecular weight is 374 g/mol. The molecule has 1 aromatic carbocycles. The fraction of sp³-hybridized carbons (Fsp3) is 0.500. The van der Waals surface area contributed by atoms with Gasteiger partial charge >= 0.3 is 0 Å². The summed E-state index contributed by atoms with van der Waals surface area (Å²) < 4.78 is 7.33. The van der Waals surface area contributed by atoms with E-state index in [1.165, 1.54) is 0 Å².